The van der Waals surface area contributed by atoms with Gasteiger partial charge in [-0.05, 0) is 30.6 Å². The molecule has 0 N–H and O–H groups in total. The van der Waals surface area contributed by atoms with E-state index in [9.17, 15) is 4.79 Å². The van der Waals surface area contributed by atoms with Crippen LogP contribution in [0.25, 0.3) is 0 Å². The van der Waals surface area contributed by atoms with E-state index in [1.54, 1.807) is 0 Å². The van der Waals surface area contributed by atoms with Crippen molar-refractivity contribution in [2.24, 2.45) is 23.7 Å². The highest BCUT2D eigenvalue weighted by Gasteiger charge is 2.50. The third-order valence-corrected chi connectivity index (χ3v) is 3.59. The van der Waals surface area contributed by atoms with Crippen LogP contribution in [0.1, 0.15) is 12.8 Å². The largest absolute Gasteiger partial charge is 0.465 e. The van der Waals surface area contributed by atoms with Gasteiger partial charge < -0.3 is 4.74 Å². The number of rotatable bonds is 0. The fourth-order valence-electron chi connectivity index (χ4n) is 3.06. The fraction of sp³-hybridized carbons (Fsp3) is 0.700. The molecule has 3 rings (SSSR count). The van der Waals surface area contributed by atoms with Crippen LogP contribution in [0.4, 0.5) is 0 Å². The molecule has 12 heavy (non-hydrogen) atoms. The van der Waals surface area contributed by atoms with Crippen molar-refractivity contribution in [3.05, 3.63) is 12.2 Å². The van der Waals surface area contributed by atoms with E-state index in [0.29, 0.717) is 24.4 Å². The maximum absolute atomic E-state index is 11.4. The maximum Gasteiger partial charge on any atom is 0.309 e. The van der Waals surface area contributed by atoms with Crippen molar-refractivity contribution >= 4 is 5.97 Å². The molecule has 4 atom stereocenters. The lowest BCUT2D eigenvalue weighted by molar-refractivity contribution is -0.157. The molecule has 0 aromatic heterocycles. The van der Waals surface area contributed by atoms with E-state index in [4.69, 9.17) is 4.74 Å². The van der Waals surface area contributed by atoms with E-state index < -0.39 is 0 Å². The summed E-state index contributed by atoms with van der Waals surface area (Å²) >= 11 is 0. The Morgan fingerprint density at radius 2 is 2.17 bits per heavy atom. The van der Waals surface area contributed by atoms with Gasteiger partial charge in [0, 0.05) is 0 Å². The van der Waals surface area contributed by atoms with Crippen molar-refractivity contribution in [2.45, 2.75) is 12.8 Å². The second-order valence-electron chi connectivity index (χ2n) is 4.09. The molecular formula is C10H12O2. The number of carbonyl (C=O) groups is 1. The molecule has 2 heteroatoms. The molecule has 3 aliphatic rings. The minimum Gasteiger partial charge on any atom is -0.465 e. The lowest BCUT2D eigenvalue weighted by Gasteiger charge is -2.30. The number of fused-ring (bicyclic) bond motifs is 5. The first kappa shape index (κ1) is 6.70. The van der Waals surface area contributed by atoms with E-state index in [2.05, 4.69) is 12.2 Å². The van der Waals surface area contributed by atoms with Crippen molar-refractivity contribution in [1.82, 2.24) is 0 Å². The molecule has 0 amide bonds. The molecule has 0 spiro atoms. The Hall–Kier alpha value is -0.790. The summed E-state index contributed by atoms with van der Waals surface area (Å²) in [4.78, 5) is 11.4. The zero-order valence-corrected chi connectivity index (χ0v) is 6.90. The fourth-order valence-corrected chi connectivity index (χ4v) is 3.06. The number of hydrogen-bond donors (Lipinski definition) is 0. The van der Waals surface area contributed by atoms with Crippen LogP contribution in [0.2, 0.25) is 0 Å². The lowest BCUT2D eigenvalue weighted by atomic mass is 9.80. The Labute approximate surface area is 71.6 Å². The average molecular weight is 164 g/mol. The summed E-state index contributed by atoms with van der Waals surface area (Å²) in [5, 5.41) is 0. The molecule has 2 aliphatic carbocycles. The van der Waals surface area contributed by atoms with Crippen molar-refractivity contribution in [2.75, 3.05) is 6.61 Å². The van der Waals surface area contributed by atoms with Crippen molar-refractivity contribution < 1.29 is 9.53 Å². The van der Waals surface area contributed by atoms with Crippen LogP contribution in [0.15, 0.2) is 12.2 Å². The zero-order chi connectivity index (χ0) is 8.13. The molecule has 0 aromatic carbocycles. The van der Waals surface area contributed by atoms with Crippen molar-refractivity contribution in [3.8, 4) is 0 Å². The number of hydrogen-bond acceptors (Lipinski definition) is 2. The summed E-state index contributed by atoms with van der Waals surface area (Å²) in [5.74, 6) is 2.08. The van der Waals surface area contributed by atoms with Gasteiger partial charge in [0.25, 0.3) is 0 Å². The van der Waals surface area contributed by atoms with Gasteiger partial charge >= 0.3 is 5.97 Å². The molecule has 1 saturated carbocycles. The quantitative estimate of drug-likeness (QED) is 0.399. The lowest BCUT2D eigenvalue weighted by Crippen LogP contribution is -2.34. The molecule has 64 valence electrons. The molecule has 2 bridgehead atoms. The van der Waals surface area contributed by atoms with Gasteiger partial charge in [-0.1, -0.05) is 12.2 Å². The topological polar surface area (TPSA) is 26.3 Å². The Balaban J connectivity index is 1.97. The van der Waals surface area contributed by atoms with Crippen LogP contribution in [0, 0.1) is 23.7 Å². The van der Waals surface area contributed by atoms with Crippen LogP contribution in [-0.4, -0.2) is 12.6 Å². The average Bonchev–Trinajstić information content (AvgIpc) is 2.64. The number of cyclic esters (lactones) is 1. The molecule has 2 nitrogen and oxygen atoms in total. The van der Waals surface area contributed by atoms with Gasteiger partial charge in [-0.3, -0.25) is 4.79 Å². The Morgan fingerprint density at radius 3 is 3.00 bits per heavy atom. The van der Waals surface area contributed by atoms with E-state index in [1.165, 1.54) is 6.42 Å². The van der Waals surface area contributed by atoms with E-state index in [1.807, 2.05) is 0 Å². The summed E-state index contributed by atoms with van der Waals surface area (Å²) in [7, 11) is 0. The van der Waals surface area contributed by atoms with Crippen LogP contribution in [0.3, 0.4) is 0 Å². The summed E-state index contributed by atoms with van der Waals surface area (Å²) in [6, 6.07) is 0. The second-order valence-corrected chi connectivity index (χ2v) is 4.09. The normalized spacial score (nSPS) is 49.2. The molecule has 1 aliphatic heterocycles. The van der Waals surface area contributed by atoms with Gasteiger partial charge in [-0.15, -0.1) is 0 Å². The summed E-state index contributed by atoms with van der Waals surface area (Å²) in [6.07, 6.45) is 6.79. The van der Waals surface area contributed by atoms with Gasteiger partial charge in [0.2, 0.25) is 0 Å². The van der Waals surface area contributed by atoms with Gasteiger partial charge in [0.15, 0.2) is 0 Å². The van der Waals surface area contributed by atoms with E-state index >= 15 is 0 Å². The monoisotopic (exact) mass is 164 g/mol. The SMILES string of the molecule is O=C1OCC[C@@H]2[C@H]1[C@@H]1C=C[C@H]2C1. The van der Waals surface area contributed by atoms with Gasteiger partial charge in [-0.25, -0.2) is 0 Å². The predicted octanol–water partition coefficient (Wildman–Crippen LogP) is 1.37. The van der Waals surface area contributed by atoms with Crippen LogP contribution < -0.4 is 0 Å². The number of carbonyl (C=O) groups excluding carboxylic acids is 1. The Kier molecular flexibility index (Phi) is 1.18. The second kappa shape index (κ2) is 2.12. The predicted molar refractivity (Wildman–Crippen MR) is 43.3 cm³/mol. The molecule has 1 saturated heterocycles. The minimum absolute atomic E-state index is 0.0584. The van der Waals surface area contributed by atoms with Crippen molar-refractivity contribution in [1.29, 1.82) is 0 Å². The standard InChI is InChI=1S/C10H12O2/c11-10-9-7-2-1-6(5-7)8(9)3-4-12-10/h1-2,6-9H,3-5H2/t6-,7+,8-,9+/m0/s1. The smallest absolute Gasteiger partial charge is 0.309 e. The molecule has 2 fully saturated rings. The first-order valence-electron chi connectivity index (χ1n) is 4.71. The number of ether oxygens (including phenoxy) is 1. The third kappa shape index (κ3) is 0.680. The number of esters is 1. The van der Waals surface area contributed by atoms with E-state index in [0.717, 1.165) is 6.42 Å². The third-order valence-electron chi connectivity index (χ3n) is 3.59. The Bertz CT molecular complexity index is 257. The summed E-state index contributed by atoms with van der Waals surface area (Å²) in [5.41, 5.74) is 0. The molecule has 0 unspecified atom stereocenters. The highest BCUT2D eigenvalue weighted by atomic mass is 16.5. The zero-order valence-electron chi connectivity index (χ0n) is 6.90. The van der Waals surface area contributed by atoms with Gasteiger partial charge in [0.05, 0.1) is 12.5 Å². The highest BCUT2D eigenvalue weighted by molar-refractivity contribution is 5.75. The number of allylic oxidation sites excluding steroid dienone is 2. The van der Waals surface area contributed by atoms with Gasteiger partial charge in [-0.2, -0.15) is 0 Å². The summed E-state index contributed by atoms with van der Waals surface area (Å²) in [6.45, 7) is 0.650. The molecular weight excluding hydrogens is 152 g/mol. The van der Waals surface area contributed by atoms with E-state index in [-0.39, 0.29) is 11.9 Å². The Morgan fingerprint density at radius 1 is 1.33 bits per heavy atom. The first-order chi connectivity index (χ1) is 5.86. The van der Waals surface area contributed by atoms with Crippen LogP contribution in [0.5, 0.6) is 0 Å². The summed E-state index contributed by atoms with van der Waals surface area (Å²) < 4.78 is 5.07. The van der Waals surface area contributed by atoms with Gasteiger partial charge in [0.1, 0.15) is 0 Å². The van der Waals surface area contributed by atoms with Crippen molar-refractivity contribution in [3.63, 3.8) is 0 Å². The molecule has 0 aromatic rings. The first-order valence-corrected chi connectivity index (χ1v) is 4.71. The maximum atomic E-state index is 11.4. The van der Waals surface area contributed by atoms with Crippen LogP contribution in [-0.2, 0) is 9.53 Å². The van der Waals surface area contributed by atoms with Crippen LogP contribution >= 0.6 is 0 Å². The highest BCUT2D eigenvalue weighted by Crippen LogP contribution is 2.51. The molecule has 0 radical (unpaired) electrons. The molecule has 1 heterocycles. The minimum atomic E-state index is 0.0584.